The van der Waals surface area contributed by atoms with E-state index < -0.39 is 5.25 Å². The van der Waals surface area contributed by atoms with Crippen LogP contribution < -0.4 is 15.6 Å². The zero-order valence-corrected chi connectivity index (χ0v) is 21.2. The van der Waals surface area contributed by atoms with E-state index in [-0.39, 0.29) is 17.2 Å². The maximum atomic E-state index is 13.1. The standard InChI is InChI=1S/C25H28N6O3S/c1-6-30-22(18-12-14-20(34-5)15-13-18)27-28-25(30)35-17(3)23(32)26-21-16(2)29(4)31(24(21)33)19-10-8-7-9-11-19/h7-15,17H,6H2,1-5H3,(H,26,32). The highest BCUT2D eigenvalue weighted by atomic mass is 32.2. The van der Waals surface area contributed by atoms with Crippen LogP contribution in [0.2, 0.25) is 0 Å². The molecule has 4 rings (SSSR count). The van der Waals surface area contributed by atoms with Crippen molar-refractivity contribution in [1.29, 1.82) is 0 Å². The van der Waals surface area contributed by atoms with Crippen molar-refractivity contribution in [2.75, 3.05) is 12.4 Å². The van der Waals surface area contributed by atoms with Gasteiger partial charge < -0.3 is 14.6 Å². The van der Waals surface area contributed by atoms with Gasteiger partial charge in [0.15, 0.2) is 11.0 Å². The topological polar surface area (TPSA) is 96.0 Å². The molecule has 1 unspecified atom stereocenters. The number of aromatic nitrogens is 5. The lowest BCUT2D eigenvalue weighted by molar-refractivity contribution is -0.115. The number of carbonyl (C=O) groups excluding carboxylic acids is 1. The number of ether oxygens (including phenoxy) is 1. The number of rotatable bonds is 8. The third kappa shape index (κ3) is 4.74. The van der Waals surface area contributed by atoms with Gasteiger partial charge in [0.25, 0.3) is 5.56 Å². The lowest BCUT2D eigenvalue weighted by Crippen LogP contribution is -2.27. The van der Waals surface area contributed by atoms with Gasteiger partial charge in [-0.05, 0) is 57.2 Å². The van der Waals surface area contributed by atoms with Gasteiger partial charge in [0.2, 0.25) is 5.91 Å². The Hall–Kier alpha value is -3.79. The summed E-state index contributed by atoms with van der Waals surface area (Å²) in [6, 6.07) is 16.9. The summed E-state index contributed by atoms with van der Waals surface area (Å²) in [6.45, 7) is 6.24. The van der Waals surface area contributed by atoms with E-state index >= 15 is 0 Å². The van der Waals surface area contributed by atoms with Crippen molar-refractivity contribution in [2.24, 2.45) is 7.05 Å². The monoisotopic (exact) mass is 492 g/mol. The minimum absolute atomic E-state index is 0.268. The molecule has 0 radical (unpaired) electrons. The number of para-hydroxylation sites is 1. The third-order valence-electron chi connectivity index (χ3n) is 5.84. The number of nitrogens with zero attached hydrogens (tertiary/aromatic N) is 5. The second kappa shape index (κ2) is 10.2. The first-order valence-corrected chi connectivity index (χ1v) is 12.1. The first-order chi connectivity index (χ1) is 16.8. The maximum Gasteiger partial charge on any atom is 0.295 e. The van der Waals surface area contributed by atoms with Crippen LogP contribution in [0.25, 0.3) is 17.1 Å². The first kappa shape index (κ1) is 24.3. The molecule has 0 saturated heterocycles. The van der Waals surface area contributed by atoms with Gasteiger partial charge in [-0.3, -0.25) is 14.3 Å². The van der Waals surface area contributed by atoms with Crippen LogP contribution in [0.15, 0.2) is 64.5 Å². The highest BCUT2D eigenvalue weighted by molar-refractivity contribution is 8.00. The van der Waals surface area contributed by atoms with Gasteiger partial charge >= 0.3 is 0 Å². The van der Waals surface area contributed by atoms with Crippen molar-refractivity contribution < 1.29 is 9.53 Å². The largest absolute Gasteiger partial charge is 0.497 e. The Kier molecular flexibility index (Phi) is 7.11. The van der Waals surface area contributed by atoms with Crippen LogP contribution in [-0.4, -0.2) is 42.4 Å². The Labute approximate surface area is 207 Å². The molecule has 0 aliphatic carbocycles. The molecule has 182 valence electrons. The third-order valence-corrected chi connectivity index (χ3v) is 6.92. The molecule has 2 aromatic carbocycles. The minimum Gasteiger partial charge on any atom is -0.497 e. The van der Waals surface area contributed by atoms with E-state index in [1.165, 1.54) is 16.4 Å². The van der Waals surface area contributed by atoms with Gasteiger partial charge in [-0.25, -0.2) is 4.68 Å². The summed E-state index contributed by atoms with van der Waals surface area (Å²) >= 11 is 1.30. The molecule has 10 heteroatoms. The molecule has 35 heavy (non-hydrogen) atoms. The molecule has 0 aliphatic rings. The number of nitrogens with one attached hydrogen (secondary N) is 1. The number of thioether (sulfide) groups is 1. The van der Waals surface area contributed by atoms with Crippen LogP contribution in [0.1, 0.15) is 19.5 Å². The second-order valence-electron chi connectivity index (χ2n) is 7.96. The smallest absolute Gasteiger partial charge is 0.295 e. The number of hydrogen-bond acceptors (Lipinski definition) is 6. The summed E-state index contributed by atoms with van der Waals surface area (Å²) in [5.74, 6) is 1.20. The van der Waals surface area contributed by atoms with Crippen molar-refractivity contribution in [2.45, 2.75) is 37.7 Å². The highest BCUT2D eigenvalue weighted by Crippen LogP contribution is 2.28. The quantitative estimate of drug-likeness (QED) is 0.375. The fourth-order valence-corrected chi connectivity index (χ4v) is 4.68. The molecule has 0 spiro atoms. The Morgan fingerprint density at radius 2 is 1.80 bits per heavy atom. The molecule has 1 amide bonds. The van der Waals surface area contributed by atoms with Crippen LogP contribution >= 0.6 is 11.8 Å². The average molecular weight is 493 g/mol. The van der Waals surface area contributed by atoms with Gasteiger partial charge in [0.05, 0.1) is 23.7 Å². The van der Waals surface area contributed by atoms with Gasteiger partial charge in [-0.2, -0.15) is 0 Å². The SMILES string of the molecule is CCn1c(SC(C)C(=O)Nc2c(C)n(C)n(-c3ccccc3)c2=O)nnc1-c1ccc(OC)cc1. The molecule has 1 atom stereocenters. The van der Waals surface area contributed by atoms with Gasteiger partial charge in [0, 0.05) is 19.2 Å². The predicted octanol–water partition coefficient (Wildman–Crippen LogP) is 3.89. The zero-order valence-electron chi connectivity index (χ0n) is 20.3. The van der Waals surface area contributed by atoms with E-state index in [0.29, 0.717) is 17.4 Å². The summed E-state index contributed by atoms with van der Waals surface area (Å²) in [4.78, 5) is 26.2. The van der Waals surface area contributed by atoms with E-state index in [2.05, 4.69) is 15.5 Å². The molecule has 2 heterocycles. The average Bonchev–Trinajstić information content (AvgIpc) is 3.37. The number of hydrogen-bond donors (Lipinski definition) is 1. The molecule has 1 N–H and O–H groups in total. The van der Waals surface area contributed by atoms with E-state index in [4.69, 9.17) is 4.74 Å². The Morgan fingerprint density at radius 3 is 2.43 bits per heavy atom. The molecule has 0 aliphatic heterocycles. The summed E-state index contributed by atoms with van der Waals surface area (Å²) in [7, 11) is 3.42. The summed E-state index contributed by atoms with van der Waals surface area (Å²) < 4.78 is 10.5. The van der Waals surface area contributed by atoms with Crippen molar-refractivity contribution >= 4 is 23.4 Å². The van der Waals surface area contributed by atoms with Gasteiger partial charge in [-0.1, -0.05) is 30.0 Å². The van der Waals surface area contributed by atoms with Gasteiger partial charge in [-0.15, -0.1) is 10.2 Å². The number of amides is 1. The minimum atomic E-state index is -0.502. The normalized spacial score (nSPS) is 11.9. The predicted molar refractivity (Wildman–Crippen MR) is 137 cm³/mol. The molecule has 2 aromatic heterocycles. The van der Waals surface area contributed by atoms with Crippen molar-refractivity contribution in [3.63, 3.8) is 0 Å². The molecule has 0 fully saturated rings. The van der Waals surface area contributed by atoms with Crippen LogP contribution in [0, 0.1) is 6.92 Å². The Balaban J connectivity index is 1.54. The van der Waals surface area contributed by atoms with Crippen LogP contribution in [0.5, 0.6) is 5.75 Å². The van der Waals surface area contributed by atoms with E-state index in [1.807, 2.05) is 73.0 Å². The summed E-state index contributed by atoms with van der Waals surface area (Å²) in [5.41, 5.74) is 2.30. The van der Waals surface area contributed by atoms with Crippen LogP contribution in [0.4, 0.5) is 5.69 Å². The number of methoxy groups -OCH3 is 1. The highest BCUT2D eigenvalue weighted by Gasteiger charge is 2.24. The lowest BCUT2D eigenvalue weighted by atomic mass is 10.2. The maximum absolute atomic E-state index is 13.1. The van der Waals surface area contributed by atoms with E-state index in [1.54, 1.807) is 25.8 Å². The fraction of sp³-hybridized carbons (Fsp3) is 0.280. The summed E-state index contributed by atoms with van der Waals surface area (Å²) in [6.07, 6.45) is 0. The van der Waals surface area contributed by atoms with E-state index in [0.717, 1.165) is 22.8 Å². The van der Waals surface area contributed by atoms with Gasteiger partial charge in [0.1, 0.15) is 11.4 Å². The molecule has 0 bridgehead atoms. The molecular formula is C25H28N6O3S. The summed E-state index contributed by atoms with van der Waals surface area (Å²) in [5, 5.41) is 11.6. The second-order valence-corrected chi connectivity index (χ2v) is 9.27. The zero-order chi connectivity index (χ0) is 25.1. The van der Waals surface area contributed by atoms with E-state index in [9.17, 15) is 9.59 Å². The van der Waals surface area contributed by atoms with Crippen LogP contribution in [0.3, 0.4) is 0 Å². The van der Waals surface area contributed by atoms with Crippen molar-refractivity contribution in [3.05, 3.63) is 70.6 Å². The Bertz CT molecular complexity index is 1390. The lowest BCUT2D eigenvalue weighted by Gasteiger charge is -2.12. The Morgan fingerprint density at radius 1 is 1.11 bits per heavy atom. The molecule has 9 nitrogen and oxygen atoms in total. The van der Waals surface area contributed by atoms with Crippen molar-refractivity contribution in [3.8, 4) is 22.8 Å². The molecular weight excluding hydrogens is 464 g/mol. The number of benzene rings is 2. The molecule has 0 saturated carbocycles. The van der Waals surface area contributed by atoms with Crippen molar-refractivity contribution in [1.82, 2.24) is 24.1 Å². The number of anilines is 1. The van der Waals surface area contributed by atoms with Crippen LogP contribution in [-0.2, 0) is 18.4 Å². The fourth-order valence-electron chi connectivity index (χ4n) is 3.76. The first-order valence-electron chi connectivity index (χ1n) is 11.2. The number of carbonyl (C=O) groups is 1. The molecule has 4 aromatic rings.